The Morgan fingerprint density at radius 2 is 1.97 bits per heavy atom. The third kappa shape index (κ3) is 4.56. The first-order valence-corrected chi connectivity index (χ1v) is 12.5. The van der Waals surface area contributed by atoms with Crippen LogP contribution in [0.1, 0.15) is 55.7 Å². The van der Waals surface area contributed by atoms with Crippen LogP contribution in [0.5, 0.6) is 17.2 Å². The molecule has 0 saturated carbocycles. The molecule has 38 heavy (non-hydrogen) atoms. The lowest BCUT2D eigenvalue weighted by Crippen LogP contribution is -2.41. The van der Waals surface area contributed by atoms with Gasteiger partial charge in [0, 0.05) is 19.3 Å². The molecule has 2 aromatic heterocycles. The van der Waals surface area contributed by atoms with Gasteiger partial charge in [-0.25, -0.2) is 0 Å². The number of H-pyrrole nitrogens is 1. The Kier molecular flexibility index (Phi) is 6.20. The zero-order valence-corrected chi connectivity index (χ0v) is 20.8. The lowest BCUT2D eigenvalue weighted by molar-refractivity contribution is 0.0687. The molecule has 10 nitrogen and oxygen atoms in total. The van der Waals surface area contributed by atoms with Gasteiger partial charge in [-0.2, -0.15) is 15.4 Å². The number of ether oxygens (including phenoxy) is 2. The number of aromatic nitrogens is 4. The van der Waals surface area contributed by atoms with Crippen molar-refractivity contribution < 1.29 is 19.1 Å². The van der Waals surface area contributed by atoms with E-state index in [1.54, 1.807) is 19.2 Å². The second-order valence-corrected chi connectivity index (χ2v) is 9.31. The summed E-state index contributed by atoms with van der Waals surface area (Å²) in [5, 5.41) is 13.6. The van der Waals surface area contributed by atoms with Crippen LogP contribution >= 0.6 is 0 Å². The van der Waals surface area contributed by atoms with Crippen molar-refractivity contribution in [3.63, 3.8) is 0 Å². The van der Waals surface area contributed by atoms with Gasteiger partial charge in [-0.05, 0) is 66.8 Å². The predicted molar refractivity (Wildman–Crippen MR) is 137 cm³/mol. The predicted octanol–water partition coefficient (Wildman–Crippen LogP) is 3.60. The van der Waals surface area contributed by atoms with Crippen LogP contribution in [-0.4, -0.2) is 56.8 Å². The van der Waals surface area contributed by atoms with E-state index in [2.05, 4.69) is 25.7 Å². The van der Waals surface area contributed by atoms with E-state index < -0.39 is 0 Å². The minimum atomic E-state index is -0.344. The molecule has 192 valence electrons. The van der Waals surface area contributed by atoms with Gasteiger partial charge in [0.05, 0.1) is 30.1 Å². The Balaban J connectivity index is 1.43. The summed E-state index contributed by atoms with van der Waals surface area (Å²) < 4.78 is 12.1. The molecule has 5 heterocycles. The van der Waals surface area contributed by atoms with Gasteiger partial charge in [0.2, 0.25) is 0 Å². The van der Waals surface area contributed by atoms with Crippen molar-refractivity contribution in [2.75, 3.05) is 19.7 Å². The van der Waals surface area contributed by atoms with E-state index in [0.29, 0.717) is 66.7 Å². The Bertz CT molecular complexity index is 1520. The van der Waals surface area contributed by atoms with Gasteiger partial charge >= 0.3 is 0 Å². The molecule has 7 rings (SSSR count). The maximum atomic E-state index is 13.7. The fraction of sp³-hybridized carbons (Fsp3) is 0.250. The van der Waals surface area contributed by atoms with E-state index in [1.807, 2.05) is 47.4 Å². The number of amides is 2. The average molecular weight is 511 g/mol. The molecule has 10 heteroatoms. The second kappa shape index (κ2) is 9.97. The minimum absolute atomic E-state index is 0.181. The molecule has 2 aromatic carbocycles. The third-order valence-electron chi connectivity index (χ3n) is 6.79. The molecule has 0 radical (unpaired) electrons. The number of pyridine rings is 1. The highest BCUT2D eigenvalue weighted by Crippen LogP contribution is 2.39. The molecule has 3 aliphatic rings. The number of carbonyl (C=O) groups excluding carboxylic acids is 2. The number of nitrogens with one attached hydrogen (secondary N) is 2. The lowest BCUT2D eigenvalue weighted by Gasteiger charge is -2.37. The van der Waals surface area contributed by atoms with Gasteiger partial charge in [0.25, 0.3) is 11.8 Å². The first-order chi connectivity index (χ1) is 18.6. The molecule has 1 atom stereocenters. The topological polar surface area (TPSA) is 122 Å². The van der Waals surface area contributed by atoms with Gasteiger partial charge in [0.15, 0.2) is 5.69 Å². The van der Waals surface area contributed by atoms with Crippen LogP contribution in [0.4, 0.5) is 0 Å². The molecule has 3 aliphatic heterocycles. The summed E-state index contributed by atoms with van der Waals surface area (Å²) in [6, 6.07) is 15.0. The highest BCUT2D eigenvalue weighted by atomic mass is 16.5. The standard InChI is InChI=1S/C28H26N6O4/c1-17-25(32-33-31-17)28(36)34-10-8-18-12-22-6-7-24(18)26(34)19-4-2-5-21(13-19)37-11-3-9-30-27(35)20-14-23(38-22)16-29-15-20/h2,4-7,12-16,26H,3,8-11H2,1H3,(H,30,35)(H,31,32,33). The first-order valence-electron chi connectivity index (χ1n) is 12.5. The van der Waals surface area contributed by atoms with Crippen LogP contribution in [-0.2, 0) is 6.42 Å². The van der Waals surface area contributed by atoms with Crippen molar-refractivity contribution in [3.05, 3.63) is 94.6 Å². The van der Waals surface area contributed by atoms with Crippen LogP contribution < -0.4 is 14.8 Å². The van der Waals surface area contributed by atoms with E-state index in [4.69, 9.17) is 9.47 Å². The smallest absolute Gasteiger partial charge is 0.277 e. The zero-order valence-electron chi connectivity index (χ0n) is 20.8. The normalized spacial score (nSPS) is 17.0. The Labute approximate surface area is 219 Å². The monoisotopic (exact) mass is 510 g/mol. The number of aromatic amines is 1. The maximum absolute atomic E-state index is 13.7. The number of fused-ring (bicyclic) bond motifs is 6. The molecule has 2 amide bonds. The number of hydrogen-bond acceptors (Lipinski definition) is 7. The SMILES string of the molecule is Cc1n[nH]nc1C(=O)N1CCc2cc3ccc2C1c1cccc(c1)OCCCNC(=O)c1cncc(c1)O3. The number of nitrogens with zero attached hydrogens (tertiary/aromatic N) is 4. The number of aryl methyl sites for hydroxylation is 1. The number of rotatable bonds is 1. The summed E-state index contributed by atoms with van der Waals surface area (Å²) in [4.78, 5) is 32.2. The van der Waals surface area contributed by atoms with Gasteiger partial charge in [-0.15, -0.1) is 0 Å². The van der Waals surface area contributed by atoms with E-state index in [9.17, 15) is 9.59 Å². The summed E-state index contributed by atoms with van der Waals surface area (Å²) in [6.07, 6.45) is 4.37. The Morgan fingerprint density at radius 3 is 2.84 bits per heavy atom. The summed E-state index contributed by atoms with van der Waals surface area (Å²) in [5.74, 6) is 1.40. The van der Waals surface area contributed by atoms with Crippen LogP contribution in [0.15, 0.2) is 60.9 Å². The van der Waals surface area contributed by atoms with Gasteiger partial charge < -0.3 is 19.7 Å². The van der Waals surface area contributed by atoms with E-state index in [-0.39, 0.29) is 17.9 Å². The van der Waals surface area contributed by atoms with E-state index >= 15 is 0 Å². The minimum Gasteiger partial charge on any atom is -0.494 e. The summed E-state index contributed by atoms with van der Waals surface area (Å²) in [7, 11) is 0. The molecule has 0 saturated heterocycles. The highest BCUT2D eigenvalue weighted by Gasteiger charge is 2.34. The second-order valence-electron chi connectivity index (χ2n) is 9.31. The molecular weight excluding hydrogens is 484 g/mol. The Morgan fingerprint density at radius 1 is 1.05 bits per heavy atom. The largest absolute Gasteiger partial charge is 0.494 e. The van der Waals surface area contributed by atoms with E-state index in [0.717, 1.165) is 16.7 Å². The zero-order chi connectivity index (χ0) is 26.1. The van der Waals surface area contributed by atoms with Gasteiger partial charge in [-0.1, -0.05) is 18.2 Å². The molecule has 0 aliphatic carbocycles. The molecule has 4 aromatic rings. The molecule has 0 fully saturated rings. The quantitative estimate of drug-likeness (QED) is 0.401. The molecule has 8 bridgehead atoms. The maximum Gasteiger partial charge on any atom is 0.277 e. The Hall–Kier alpha value is -4.73. The summed E-state index contributed by atoms with van der Waals surface area (Å²) >= 11 is 0. The van der Waals surface area contributed by atoms with E-state index in [1.165, 1.54) is 6.20 Å². The van der Waals surface area contributed by atoms with Crippen molar-refractivity contribution in [2.45, 2.75) is 25.8 Å². The molecule has 1 unspecified atom stereocenters. The van der Waals surface area contributed by atoms with Crippen molar-refractivity contribution in [2.24, 2.45) is 0 Å². The molecular formula is C28H26N6O4. The van der Waals surface area contributed by atoms with Crippen molar-refractivity contribution >= 4 is 11.8 Å². The van der Waals surface area contributed by atoms with Crippen molar-refractivity contribution in [1.29, 1.82) is 0 Å². The van der Waals surface area contributed by atoms with Gasteiger partial charge in [0.1, 0.15) is 17.2 Å². The van der Waals surface area contributed by atoms with Crippen molar-refractivity contribution in [3.8, 4) is 17.2 Å². The summed E-state index contributed by atoms with van der Waals surface area (Å²) in [6.45, 7) is 3.14. The van der Waals surface area contributed by atoms with Crippen LogP contribution in [0.3, 0.4) is 0 Å². The van der Waals surface area contributed by atoms with Crippen LogP contribution in [0.2, 0.25) is 0 Å². The average Bonchev–Trinajstić information content (AvgIpc) is 3.37. The van der Waals surface area contributed by atoms with Crippen LogP contribution in [0, 0.1) is 6.92 Å². The number of benzene rings is 2. The molecule has 0 spiro atoms. The fourth-order valence-electron chi connectivity index (χ4n) is 4.94. The third-order valence-corrected chi connectivity index (χ3v) is 6.79. The van der Waals surface area contributed by atoms with Gasteiger partial charge in [-0.3, -0.25) is 14.6 Å². The first kappa shape index (κ1) is 23.7. The number of hydrogen-bond donors (Lipinski definition) is 2. The van der Waals surface area contributed by atoms with Crippen LogP contribution in [0.25, 0.3) is 0 Å². The highest BCUT2D eigenvalue weighted by molar-refractivity contribution is 5.94. The fourth-order valence-corrected chi connectivity index (χ4v) is 4.94. The lowest BCUT2D eigenvalue weighted by atomic mass is 9.87. The molecule has 2 N–H and O–H groups in total. The van der Waals surface area contributed by atoms with Crippen molar-refractivity contribution in [1.82, 2.24) is 30.6 Å². The summed E-state index contributed by atoms with van der Waals surface area (Å²) in [5.41, 5.74) is 4.30. The number of carbonyl (C=O) groups is 2.